The van der Waals surface area contributed by atoms with E-state index in [1.807, 2.05) is 6.92 Å². The van der Waals surface area contributed by atoms with E-state index >= 15 is 0 Å². The fourth-order valence-corrected chi connectivity index (χ4v) is 11.6. The lowest BCUT2D eigenvalue weighted by molar-refractivity contribution is -0.134. The quantitative estimate of drug-likeness (QED) is 0.302. The lowest BCUT2D eigenvalue weighted by Crippen LogP contribution is -2.55. The molecule has 0 bridgehead atoms. The minimum absolute atomic E-state index is 0. The highest BCUT2D eigenvalue weighted by atomic mass is 14.7. The van der Waals surface area contributed by atoms with Gasteiger partial charge < -0.3 is 0 Å². The van der Waals surface area contributed by atoms with Crippen molar-refractivity contribution in [3.63, 3.8) is 0 Å². The fourth-order valence-electron chi connectivity index (χ4n) is 11.6. The molecule has 4 saturated carbocycles. The summed E-state index contributed by atoms with van der Waals surface area (Å²) in [7, 11) is 0. The molecule has 232 valence electrons. The van der Waals surface area contributed by atoms with Gasteiger partial charge in [-0.05, 0) is 152 Å². The summed E-state index contributed by atoms with van der Waals surface area (Å²) in [5, 5.41) is 0. The third-order valence-electron chi connectivity index (χ3n) is 13.9. The summed E-state index contributed by atoms with van der Waals surface area (Å²) >= 11 is 0. The van der Waals surface area contributed by atoms with Gasteiger partial charge in [0.25, 0.3) is 0 Å². The van der Waals surface area contributed by atoms with E-state index in [9.17, 15) is 0 Å². The van der Waals surface area contributed by atoms with E-state index in [0.717, 1.165) is 47.1 Å². The van der Waals surface area contributed by atoms with Crippen LogP contribution in [0.15, 0.2) is 18.3 Å². The number of nitrogens with zero attached hydrogens (tertiary/aromatic N) is 1. The molecule has 1 heteroatoms. The van der Waals surface area contributed by atoms with E-state index in [1.54, 1.807) is 0 Å². The van der Waals surface area contributed by atoms with Crippen LogP contribution in [0.1, 0.15) is 164 Å². The number of hydrogen-bond donors (Lipinski definition) is 0. The lowest BCUT2D eigenvalue weighted by Gasteiger charge is -2.63. The van der Waals surface area contributed by atoms with Crippen molar-refractivity contribution in [1.29, 1.82) is 0 Å². The van der Waals surface area contributed by atoms with Crippen LogP contribution >= 0.6 is 0 Å². The van der Waals surface area contributed by atoms with Crippen LogP contribution < -0.4 is 0 Å². The normalized spacial score (nSPS) is 39.8. The fraction of sp³-hybridized carbons (Fsp3) is 0.825. The molecular weight excluding hydrogens is 494 g/mol. The van der Waals surface area contributed by atoms with Crippen molar-refractivity contribution in [2.75, 3.05) is 0 Å². The van der Waals surface area contributed by atoms with Crippen molar-refractivity contribution >= 4 is 0 Å². The van der Waals surface area contributed by atoms with Crippen LogP contribution in [-0.4, -0.2) is 4.98 Å². The summed E-state index contributed by atoms with van der Waals surface area (Å²) in [6, 6.07) is 4.45. The molecule has 0 aromatic carbocycles. The summed E-state index contributed by atoms with van der Waals surface area (Å²) in [6.07, 6.45) is 19.6. The van der Waals surface area contributed by atoms with Gasteiger partial charge in [-0.3, -0.25) is 0 Å². The molecule has 0 amide bonds. The molecule has 0 spiro atoms. The van der Waals surface area contributed by atoms with Gasteiger partial charge in [0.05, 0.1) is 0 Å². The monoisotopic (exact) mass is 562 g/mol. The van der Waals surface area contributed by atoms with E-state index in [0.29, 0.717) is 22.2 Å². The van der Waals surface area contributed by atoms with Gasteiger partial charge in [0.1, 0.15) is 5.69 Å². The maximum atomic E-state index is 4.69. The first-order chi connectivity index (χ1) is 18.6. The number of fused-ring (bicyclic) bond motifs is 5. The molecule has 4 aliphatic carbocycles. The summed E-state index contributed by atoms with van der Waals surface area (Å²) in [6.45, 7) is 19.9. The molecule has 1 heterocycles. The molecule has 1 aromatic rings. The van der Waals surface area contributed by atoms with Crippen molar-refractivity contribution in [2.45, 2.75) is 153 Å². The highest BCUT2D eigenvalue weighted by Gasteiger charge is 2.61. The Bertz CT molecular complexity index is 1040. The largest absolute Gasteiger partial charge is 0.248 e. The Balaban J connectivity index is 0.00000231. The van der Waals surface area contributed by atoms with Gasteiger partial charge in [0.2, 0.25) is 0 Å². The molecule has 0 aliphatic heterocycles. The molecule has 0 N–H and O–H groups in total. The van der Waals surface area contributed by atoms with Crippen molar-refractivity contribution < 1.29 is 0 Å². The highest BCUT2D eigenvalue weighted by Crippen LogP contribution is 2.70. The first kappa shape index (κ1) is 34.2. The Labute approximate surface area is 256 Å². The second-order valence-corrected chi connectivity index (χ2v) is 15.8. The van der Waals surface area contributed by atoms with Gasteiger partial charge >= 0.3 is 0 Å². The van der Waals surface area contributed by atoms with Crippen LogP contribution in [0, 0.1) is 69.5 Å². The topological polar surface area (TPSA) is 12.9 Å². The Morgan fingerprint density at radius 1 is 0.878 bits per heavy atom. The van der Waals surface area contributed by atoms with Crippen LogP contribution in [-0.2, 0) is 0 Å². The van der Waals surface area contributed by atoms with Gasteiger partial charge in [0.15, 0.2) is 0 Å². The van der Waals surface area contributed by atoms with Gasteiger partial charge in [-0.2, -0.15) is 0 Å². The Morgan fingerprint density at radius 2 is 1.61 bits per heavy atom. The second-order valence-electron chi connectivity index (χ2n) is 15.8. The van der Waals surface area contributed by atoms with E-state index in [2.05, 4.69) is 83.6 Å². The SMILES string of the molecule is C.C.CC#Cc1ccc([C@@H](C)C(CC)C2CC[C@H]3[C@@H]4CCC5C[C@@](C)(C[C@@H](C)CC)CCC5(C)[C@H]4CCC23C)cn1. The third-order valence-corrected chi connectivity index (χ3v) is 13.9. The van der Waals surface area contributed by atoms with Gasteiger partial charge in [-0.15, -0.1) is 0 Å². The van der Waals surface area contributed by atoms with Gasteiger partial charge in [-0.1, -0.05) is 88.1 Å². The first-order valence-electron chi connectivity index (χ1n) is 17.0. The second kappa shape index (κ2) is 13.1. The molecule has 1 aromatic heterocycles. The number of hydrogen-bond acceptors (Lipinski definition) is 1. The van der Waals surface area contributed by atoms with Crippen molar-refractivity contribution in [1.82, 2.24) is 4.98 Å². The summed E-state index contributed by atoms with van der Waals surface area (Å²) in [5.74, 6) is 13.1. The molecule has 0 radical (unpaired) electrons. The van der Waals surface area contributed by atoms with Crippen LogP contribution in [0.3, 0.4) is 0 Å². The maximum Gasteiger partial charge on any atom is 0.113 e. The number of rotatable bonds is 7. The zero-order valence-corrected chi connectivity index (χ0v) is 26.8. The van der Waals surface area contributed by atoms with Crippen molar-refractivity contribution in [3.05, 3.63) is 29.6 Å². The molecular formula is C40H67N. The Morgan fingerprint density at radius 3 is 2.24 bits per heavy atom. The molecule has 4 aliphatic rings. The summed E-state index contributed by atoms with van der Waals surface area (Å²) in [5.41, 5.74) is 4.04. The zero-order chi connectivity index (χ0) is 28.0. The number of aromatic nitrogens is 1. The Kier molecular flexibility index (Phi) is 11.0. The van der Waals surface area contributed by atoms with Crippen LogP contribution in [0.25, 0.3) is 0 Å². The predicted octanol–water partition coefficient (Wildman–Crippen LogP) is 12.0. The van der Waals surface area contributed by atoms with E-state index < -0.39 is 0 Å². The maximum absolute atomic E-state index is 4.69. The summed E-state index contributed by atoms with van der Waals surface area (Å²) in [4.78, 5) is 4.69. The number of pyridine rings is 1. The van der Waals surface area contributed by atoms with Gasteiger partial charge in [0, 0.05) is 6.20 Å². The molecule has 4 fully saturated rings. The third kappa shape index (κ3) is 6.07. The molecule has 41 heavy (non-hydrogen) atoms. The van der Waals surface area contributed by atoms with E-state index in [4.69, 9.17) is 0 Å². The molecule has 5 unspecified atom stereocenters. The standard InChI is InChI=1S/C38H59N.2CH4/c1-9-12-30-15-13-28(25-39-30)27(5)31(11-3)33-17-18-34-32-16-14-29-24-36(6,23-26(4)10-2)21-22-37(29,7)35(32)19-20-38(33,34)8;;/h13,15,25-27,29,31-35H,10-11,14,16-24H2,1-8H3;2*1H4/t26-,27+,29?,31?,32-,33?,34-,35-,36+,37?,38?;;/m0../s1. The molecule has 11 atom stereocenters. The van der Waals surface area contributed by atoms with Gasteiger partial charge in [-0.25, -0.2) is 4.98 Å². The van der Waals surface area contributed by atoms with Crippen LogP contribution in [0.2, 0.25) is 0 Å². The van der Waals surface area contributed by atoms with Crippen molar-refractivity contribution in [3.8, 4) is 11.8 Å². The average molecular weight is 562 g/mol. The minimum atomic E-state index is 0. The molecule has 0 saturated heterocycles. The molecule has 5 rings (SSSR count). The van der Waals surface area contributed by atoms with Crippen LogP contribution in [0.5, 0.6) is 0 Å². The summed E-state index contributed by atoms with van der Waals surface area (Å²) < 4.78 is 0. The van der Waals surface area contributed by atoms with Crippen molar-refractivity contribution in [2.24, 2.45) is 57.7 Å². The molecule has 1 nitrogen and oxygen atoms in total. The Hall–Kier alpha value is -1.29. The minimum Gasteiger partial charge on any atom is -0.248 e. The van der Waals surface area contributed by atoms with E-state index in [-0.39, 0.29) is 14.9 Å². The highest BCUT2D eigenvalue weighted by molar-refractivity contribution is 5.30. The van der Waals surface area contributed by atoms with E-state index in [1.165, 1.54) is 82.6 Å². The first-order valence-corrected chi connectivity index (χ1v) is 17.0. The zero-order valence-electron chi connectivity index (χ0n) is 26.8. The lowest BCUT2D eigenvalue weighted by atomic mass is 9.42. The average Bonchev–Trinajstić information content (AvgIpc) is 3.27. The van der Waals surface area contributed by atoms with Crippen LogP contribution in [0.4, 0.5) is 0 Å². The smallest absolute Gasteiger partial charge is 0.113 e. The predicted molar refractivity (Wildman–Crippen MR) is 180 cm³/mol.